The standard InChI is InChI=1S/C22H26F3N7O/c1-30-9-10-33-18-17(30)20-28-27-19(16-4-2-3-15(11-16)12-22(23,24)25)32(20)29-21(18)31-7-5-14(13-26)6-8-31/h2-4,11,14H,5-10,12-13,26H2,1H3. The second-order valence-electron chi connectivity index (χ2n) is 8.69. The first kappa shape index (κ1) is 21.7. The molecule has 4 heterocycles. The van der Waals surface area contributed by atoms with Crippen LogP contribution in [0.5, 0.6) is 5.75 Å². The van der Waals surface area contributed by atoms with Gasteiger partial charge < -0.3 is 20.3 Å². The highest BCUT2D eigenvalue weighted by molar-refractivity contribution is 5.83. The topological polar surface area (TPSA) is 84.8 Å². The van der Waals surface area contributed by atoms with Crippen LogP contribution in [0.2, 0.25) is 0 Å². The maximum absolute atomic E-state index is 12.9. The van der Waals surface area contributed by atoms with Crippen LogP contribution in [-0.4, -0.2) is 65.8 Å². The van der Waals surface area contributed by atoms with Crippen molar-refractivity contribution in [3.8, 4) is 17.1 Å². The fraction of sp³-hybridized carbons (Fsp3) is 0.500. The first-order chi connectivity index (χ1) is 15.8. The van der Waals surface area contributed by atoms with Crippen molar-refractivity contribution >= 4 is 17.2 Å². The number of likely N-dealkylation sites (N-methyl/N-ethyl adjacent to an activating group) is 1. The number of nitrogens with two attached hydrogens (primary N) is 1. The van der Waals surface area contributed by atoms with Gasteiger partial charge >= 0.3 is 6.18 Å². The van der Waals surface area contributed by atoms with Gasteiger partial charge in [-0.05, 0) is 36.9 Å². The Hall–Kier alpha value is -3.08. The second-order valence-corrected chi connectivity index (χ2v) is 8.69. The molecule has 1 aromatic carbocycles. The van der Waals surface area contributed by atoms with E-state index >= 15 is 0 Å². The van der Waals surface area contributed by atoms with E-state index in [0.29, 0.717) is 54.2 Å². The van der Waals surface area contributed by atoms with E-state index in [1.807, 2.05) is 7.05 Å². The second kappa shape index (κ2) is 8.36. The number of hydrogen-bond donors (Lipinski definition) is 1. The minimum Gasteiger partial charge on any atom is -0.486 e. The van der Waals surface area contributed by atoms with E-state index in [0.717, 1.165) is 31.6 Å². The summed E-state index contributed by atoms with van der Waals surface area (Å²) in [4.78, 5) is 4.25. The van der Waals surface area contributed by atoms with E-state index in [-0.39, 0.29) is 5.56 Å². The van der Waals surface area contributed by atoms with Crippen molar-refractivity contribution in [1.82, 2.24) is 19.8 Å². The molecular formula is C22H26F3N7O. The van der Waals surface area contributed by atoms with Gasteiger partial charge in [-0.25, -0.2) is 0 Å². The van der Waals surface area contributed by atoms with Gasteiger partial charge in [-0.15, -0.1) is 15.3 Å². The number of anilines is 2. The molecule has 2 aliphatic heterocycles. The Kier molecular flexibility index (Phi) is 5.51. The van der Waals surface area contributed by atoms with Gasteiger partial charge in [-0.2, -0.15) is 17.7 Å². The molecule has 0 aliphatic carbocycles. The third-order valence-corrected chi connectivity index (χ3v) is 6.36. The summed E-state index contributed by atoms with van der Waals surface area (Å²) in [6.45, 7) is 3.50. The predicted molar refractivity (Wildman–Crippen MR) is 119 cm³/mol. The van der Waals surface area contributed by atoms with Crippen LogP contribution in [0.25, 0.3) is 17.0 Å². The molecule has 2 aliphatic rings. The fourth-order valence-electron chi connectivity index (χ4n) is 4.56. The van der Waals surface area contributed by atoms with Crippen LogP contribution in [0.15, 0.2) is 24.3 Å². The summed E-state index contributed by atoms with van der Waals surface area (Å²) < 4.78 is 46.5. The molecule has 33 heavy (non-hydrogen) atoms. The summed E-state index contributed by atoms with van der Waals surface area (Å²) in [5.74, 6) is 2.26. The minimum atomic E-state index is -4.29. The van der Waals surface area contributed by atoms with Gasteiger partial charge in [0.1, 0.15) is 12.3 Å². The number of benzene rings is 1. The summed E-state index contributed by atoms with van der Waals surface area (Å²) in [6.07, 6.45) is -3.35. The number of piperidine rings is 1. The smallest absolute Gasteiger partial charge is 0.393 e. The molecular weight excluding hydrogens is 435 g/mol. The molecule has 8 nitrogen and oxygen atoms in total. The molecule has 0 unspecified atom stereocenters. The molecule has 0 radical (unpaired) electrons. The molecule has 2 aromatic heterocycles. The zero-order valence-corrected chi connectivity index (χ0v) is 18.3. The number of ether oxygens (including phenoxy) is 1. The van der Waals surface area contributed by atoms with E-state index in [1.54, 1.807) is 16.6 Å². The van der Waals surface area contributed by atoms with Crippen LogP contribution in [0.1, 0.15) is 18.4 Å². The van der Waals surface area contributed by atoms with Crippen LogP contribution in [0, 0.1) is 5.92 Å². The molecule has 0 saturated carbocycles. The lowest BCUT2D eigenvalue weighted by Gasteiger charge is -2.35. The minimum absolute atomic E-state index is 0.166. The molecule has 0 atom stereocenters. The average molecular weight is 461 g/mol. The Morgan fingerprint density at radius 2 is 1.94 bits per heavy atom. The van der Waals surface area contributed by atoms with E-state index < -0.39 is 12.6 Å². The van der Waals surface area contributed by atoms with E-state index in [1.165, 1.54) is 12.1 Å². The Balaban J connectivity index is 1.62. The van der Waals surface area contributed by atoms with Crippen molar-refractivity contribution in [2.75, 3.05) is 49.6 Å². The SMILES string of the molecule is CN1CCOc2c(N3CCC(CN)CC3)nn3c(-c4cccc(CC(F)(F)F)c4)nnc3c21. The average Bonchev–Trinajstić information content (AvgIpc) is 3.21. The van der Waals surface area contributed by atoms with Crippen molar-refractivity contribution in [2.45, 2.75) is 25.4 Å². The molecule has 0 bridgehead atoms. The Morgan fingerprint density at radius 3 is 2.67 bits per heavy atom. The Labute approximate surface area is 189 Å². The monoisotopic (exact) mass is 461 g/mol. The lowest BCUT2D eigenvalue weighted by Crippen LogP contribution is -2.38. The molecule has 3 aromatic rings. The third kappa shape index (κ3) is 4.17. The maximum Gasteiger partial charge on any atom is 0.393 e. The summed E-state index contributed by atoms with van der Waals surface area (Å²) in [7, 11) is 1.96. The lowest BCUT2D eigenvalue weighted by molar-refractivity contribution is -0.127. The highest BCUT2D eigenvalue weighted by atomic mass is 19.4. The quantitative estimate of drug-likeness (QED) is 0.640. The normalized spacial score (nSPS) is 17.4. The number of alkyl halides is 3. The number of aromatic nitrogens is 4. The highest BCUT2D eigenvalue weighted by Crippen LogP contribution is 2.42. The van der Waals surface area contributed by atoms with E-state index in [9.17, 15) is 13.2 Å². The van der Waals surface area contributed by atoms with Crippen LogP contribution in [0.4, 0.5) is 24.7 Å². The summed E-state index contributed by atoms with van der Waals surface area (Å²) in [6, 6.07) is 6.29. The Bertz CT molecular complexity index is 1150. The van der Waals surface area contributed by atoms with Crippen LogP contribution in [0.3, 0.4) is 0 Å². The van der Waals surface area contributed by atoms with Crippen molar-refractivity contribution < 1.29 is 17.9 Å². The largest absolute Gasteiger partial charge is 0.486 e. The number of rotatable bonds is 4. The fourth-order valence-corrected chi connectivity index (χ4v) is 4.56. The van der Waals surface area contributed by atoms with E-state index in [4.69, 9.17) is 15.6 Å². The number of fused-ring (bicyclic) bond motifs is 3. The van der Waals surface area contributed by atoms with Crippen molar-refractivity contribution in [3.63, 3.8) is 0 Å². The molecule has 0 amide bonds. The zero-order chi connectivity index (χ0) is 23.2. The van der Waals surface area contributed by atoms with Gasteiger partial charge in [0.2, 0.25) is 5.65 Å². The van der Waals surface area contributed by atoms with Gasteiger partial charge in [0.25, 0.3) is 0 Å². The van der Waals surface area contributed by atoms with Crippen molar-refractivity contribution in [2.24, 2.45) is 11.7 Å². The number of nitrogens with zero attached hydrogens (tertiary/aromatic N) is 6. The first-order valence-corrected chi connectivity index (χ1v) is 11.1. The molecule has 176 valence electrons. The maximum atomic E-state index is 12.9. The van der Waals surface area contributed by atoms with Crippen molar-refractivity contribution in [3.05, 3.63) is 29.8 Å². The first-order valence-electron chi connectivity index (χ1n) is 11.1. The molecule has 5 rings (SSSR count). The molecule has 1 saturated heterocycles. The summed E-state index contributed by atoms with van der Waals surface area (Å²) in [5.41, 5.74) is 7.86. The molecule has 1 fully saturated rings. The van der Waals surface area contributed by atoms with Gasteiger partial charge in [0.15, 0.2) is 17.4 Å². The molecule has 11 heteroatoms. The zero-order valence-electron chi connectivity index (χ0n) is 18.3. The molecule has 0 spiro atoms. The Morgan fingerprint density at radius 1 is 1.15 bits per heavy atom. The highest BCUT2D eigenvalue weighted by Gasteiger charge is 2.31. The lowest BCUT2D eigenvalue weighted by atomic mass is 9.97. The van der Waals surface area contributed by atoms with Crippen LogP contribution >= 0.6 is 0 Å². The summed E-state index contributed by atoms with van der Waals surface area (Å²) in [5, 5.41) is 13.5. The summed E-state index contributed by atoms with van der Waals surface area (Å²) >= 11 is 0. The van der Waals surface area contributed by atoms with Crippen LogP contribution in [-0.2, 0) is 6.42 Å². The van der Waals surface area contributed by atoms with Gasteiger partial charge in [-0.1, -0.05) is 18.2 Å². The predicted octanol–water partition coefficient (Wildman–Crippen LogP) is 2.90. The number of halogens is 3. The van der Waals surface area contributed by atoms with Crippen molar-refractivity contribution in [1.29, 1.82) is 0 Å². The van der Waals surface area contributed by atoms with E-state index in [2.05, 4.69) is 20.0 Å². The number of hydrogen-bond acceptors (Lipinski definition) is 7. The van der Waals surface area contributed by atoms with Gasteiger partial charge in [0, 0.05) is 25.7 Å². The van der Waals surface area contributed by atoms with Gasteiger partial charge in [-0.3, -0.25) is 0 Å². The van der Waals surface area contributed by atoms with Gasteiger partial charge in [0.05, 0.1) is 13.0 Å². The molecule has 2 N–H and O–H groups in total. The van der Waals surface area contributed by atoms with Crippen LogP contribution < -0.4 is 20.3 Å². The third-order valence-electron chi connectivity index (χ3n) is 6.36.